The second-order valence-corrected chi connectivity index (χ2v) is 7.46. The lowest BCUT2D eigenvalue weighted by atomic mass is 10.2. The zero-order chi connectivity index (χ0) is 25.8. The third-order valence-corrected chi connectivity index (χ3v) is 4.89. The molecule has 0 bridgehead atoms. The van der Waals surface area contributed by atoms with Crippen LogP contribution in [0.5, 0.6) is 0 Å². The van der Waals surface area contributed by atoms with E-state index in [1.807, 2.05) is 12.1 Å². The minimum absolute atomic E-state index is 0.911. The molecule has 0 radical (unpaired) electrons. The maximum Gasteiger partial charge on any atom is 0.414 e. The van der Waals surface area contributed by atoms with Gasteiger partial charge in [-0.25, -0.2) is 24.2 Å². The molecular weight excluding hydrogens is 460 g/mol. The highest BCUT2D eigenvalue weighted by Crippen LogP contribution is 2.14. The largest absolute Gasteiger partial charge is 0.473 e. The Kier molecular flexibility index (Phi) is 10.3. The predicted octanol–water partition coefficient (Wildman–Crippen LogP) is 1.19. The van der Waals surface area contributed by atoms with Crippen LogP contribution >= 0.6 is 0 Å². The van der Waals surface area contributed by atoms with E-state index in [4.69, 9.17) is 39.6 Å². The number of carboxylic acid groups (broad SMARTS) is 4. The molecule has 186 valence electrons. The van der Waals surface area contributed by atoms with Gasteiger partial charge in [0.2, 0.25) is 0 Å². The first-order valence-corrected chi connectivity index (χ1v) is 10.5. The minimum Gasteiger partial charge on any atom is -0.473 e. The molecule has 0 spiro atoms. The summed E-state index contributed by atoms with van der Waals surface area (Å²) in [5.41, 5.74) is 3.59. The zero-order valence-corrected chi connectivity index (χ0v) is 18.7. The molecule has 2 heterocycles. The summed E-state index contributed by atoms with van der Waals surface area (Å²) in [5.74, 6) is -6.22. The second kappa shape index (κ2) is 13.4. The van der Waals surface area contributed by atoms with E-state index in [1.165, 1.54) is 5.56 Å². The minimum atomic E-state index is -1.82. The highest BCUT2D eigenvalue weighted by molar-refractivity contribution is 6.27. The Morgan fingerprint density at radius 1 is 0.686 bits per heavy atom. The van der Waals surface area contributed by atoms with E-state index < -0.39 is 23.9 Å². The van der Waals surface area contributed by atoms with Gasteiger partial charge in [-0.05, 0) is 17.7 Å². The van der Waals surface area contributed by atoms with Gasteiger partial charge < -0.3 is 25.4 Å². The molecule has 0 unspecified atom stereocenters. The van der Waals surface area contributed by atoms with Gasteiger partial charge in [0, 0.05) is 32.7 Å². The molecule has 5 N–H and O–H groups in total. The summed E-state index contributed by atoms with van der Waals surface area (Å²) in [4.78, 5) is 49.5. The van der Waals surface area contributed by atoms with Gasteiger partial charge >= 0.3 is 23.9 Å². The lowest BCUT2D eigenvalue weighted by Gasteiger charge is -2.34. The number of benzene rings is 2. The van der Waals surface area contributed by atoms with Crippen LogP contribution in [-0.2, 0) is 32.3 Å². The number of rotatable bonds is 4. The maximum absolute atomic E-state index is 9.10. The van der Waals surface area contributed by atoms with Crippen LogP contribution in [0.2, 0.25) is 0 Å². The molecule has 4 rings (SSSR count). The highest BCUT2D eigenvalue weighted by atomic mass is 16.4. The van der Waals surface area contributed by atoms with Crippen LogP contribution in [0.1, 0.15) is 11.4 Å². The van der Waals surface area contributed by atoms with Crippen LogP contribution in [0.15, 0.2) is 54.6 Å². The number of nitrogens with one attached hydrogen (secondary N) is 1. The van der Waals surface area contributed by atoms with Crippen LogP contribution in [0.3, 0.4) is 0 Å². The normalized spacial score (nSPS) is 13.6. The standard InChI is InChI=1S/C19H22N4.2C2H2O4/c1-2-6-16(7-3-1)14-22-10-12-23(13-11-22)15-19-20-17-8-4-5-9-18(17)21-19;2*3-1(4)2(5)6/h1-9H,10-15H2,(H,20,21);2*(H,3,4)(H,5,6). The van der Waals surface area contributed by atoms with E-state index in [0.29, 0.717) is 0 Å². The number of piperazine rings is 1. The van der Waals surface area contributed by atoms with Crippen LogP contribution in [-0.4, -0.2) is 90.3 Å². The van der Waals surface area contributed by atoms with Crippen LogP contribution in [0.25, 0.3) is 11.0 Å². The number of aromatic nitrogens is 2. The summed E-state index contributed by atoms with van der Waals surface area (Å²) in [6.45, 7) is 6.41. The van der Waals surface area contributed by atoms with Gasteiger partial charge in [-0.1, -0.05) is 42.5 Å². The average molecular weight is 486 g/mol. The lowest BCUT2D eigenvalue weighted by molar-refractivity contribution is -0.159. The van der Waals surface area contributed by atoms with Gasteiger partial charge in [0.1, 0.15) is 5.82 Å². The molecule has 1 aromatic heterocycles. The van der Waals surface area contributed by atoms with E-state index in [-0.39, 0.29) is 0 Å². The first kappa shape index (κ1) is 27.0. The number of aromatic amines is 1. The average Bonchev–Trinajstić information content (AvgIpc) is 3.24. The van der Waals surface area contributed by atoms with Crippen molar-refractivity contribution in [3.63, 3.8) is 0 Å². The Bertz CT molecular complexity index is 1060. The van der Waals surface area contributed by atoms with Crippen molar-refractivity contribution in [1.82, 2.24) is 19.8 Å². The number of para-hydroxylation sites is 2. The van der Waals surface area contributed by atoms with Gasteiger partial charge in [0.25, 0.3) is 0 Å². The fraction of sp³-hybridized carbons (Fsp3) is 0.261. The van der Waals surface area contributed by atoms with E-state index in [9.17, 15) is 0 Å². The molecule has 12 heteroatoms. The molecule has 3 aromatic rings. The Balaban J connectivity index is 0.000000301. The number of carbonyl (C=O) groups is 4. The molecule has 1 saturated heterocycles. The van der Waals surface area contributed by atoms with E-state index in [0.717, 1.165) is 56.1 Å². The Labute approximate surface area is 200 Å². The molecule has 1 aliphatic heterocycles. The van der Waals surface area contributed by atoms with Gasteiger partial charge in [-0.2, -0.15) is 0 Å². The van der Waals surface area contributed by atoms with Gasteiger partial charge in [0.15, 0.2) is 0 Å². The van der Waals surface area contributed by atoms with Crippen molar-refractivity contribution in [2.45, 2.75) is 13.1 Å². The summed E-state index contributed by atoms with van der Waals surface area (Å²) < 4.78 is 0. The molecule has 0 aliphatic carbocycles. The molecule has 0 atom stereocenters. The predicted molar refractivity (Wildman–Crippen MR) is 124 cm³/mol. The van der Waals surface area contributed by atoms with Gasteiger partial charge in [0.05, 0.1) is 17.6 Å². The molecule has 2 aromatic carbocycles. The number of aliphatic carboxylic acids is 4. The number of hydrogen-bond donors (Lipinski definition) is 5. The zero-order valence-electron chi connectivity index (χ0n) is 18.7. The summed E-state index contributed by atoms with van der Waals surface area (Å²) in [7, 11) is 0. The highest BCUT2D eigenvalue weighted by Gasteiger charge is 2.18. The fourth-order valence-electron chi connectivity index (χ4n) is 3.24. The van der Waals surface area contributed by atoms with Gasteiger partial charge in [-0.3, -0.25) is 9.80 Å². The third-order valence-electron chi connectivity index (χ3n) is 4.89. The molecule has 0 amide bonds. The topological polar surface area (TPSA) is 184 Å². The van der Waals surface area contributed by atoms with Crippen molar-refractivity contribution >= 4 is 34.9 Å². The van der Waals surface area contributed by atoms with Crippen LogP contribution in [0.4, 0.5) is 0 Å². The van der Waals surface area contributed by atoms with Crippen molar-refractivity contribution in [1.29, 1.82) is 0 Å². The van der Waals surface area contributed by atoms with Crippen molar-refractivity contribution in [3.05, 3.63) is 66.0 Å². The van der Waals surface area contributed by atoms with Crippen LogP contribution < -0.4 is 0 Å². The molecule has 0 saturated carbocycles. The van der Waals surface area contributed by atoms with Crippen molar-refractivity contribution in [2.24, 2.45) is 0 Å². The lowest BCUT2D eigenvalue weighted by Crippen LogP contribution is -2.45. The summed E-state index contributed by atoms with van der Waals surface area (Å²) in [6, 6.07) is 19.0. The summed E-state index contributed by atoms with van der Waals surface area (Å²) >= 11 is 0. The monoisotopic (exact) mass is 486 g/mol. The quantitative estimate of drug-likeness (QED) is 0.334. The molecule has 1 fully saturated rings. The van der Waals surface area contributed by atoms with Crippen molar-refractivity contribution in [3.8, 4) is 0 Å². The molecule has 1 aliphatic rings. The first-order valence-electron chi connectivity index (χ1n) is 10.5. The number of hydrogen-bond acceptors (Lipinski definition) is 7. The van der Waals surface area contributed by atoms with Crippen molar-refractivity contribution < 1.29 is 39.6 Å². The Hall–Kier alpha value is -4.29. The van der Waals surface area contributed by atoms with E-state index in [1.54, 1.807) is 0 Å². The first-order chi connectivity index (χ1) is 16.7. The number of imidazole rings is 1. The second-order valence-electron chi connectivity index (χ2n) is 7.46. The SMILES string of the molecule is O=C(O)C(=O)O.O=C(O)C(=O)O.c1ccc(CN2CCN(Cc3nc4ccccc4[nH]3)CC2)cc1. The third kappa shape index (κ3) is 9.61. The molecule has 12 nitrogen and oxygen atoms in total. The number of carboxylic acids is 4. The smallest absolute Gasteiger partial charge is 0.414 e. The van der Waals surface area contributed by atoms with Crippen LogP contribution in [0, 0.1) is 0 Å². The number of H-pyrrole nitrogens is 1. The number of nitrogens with zero attached hydrogens (tertiary/aromatic N) is 3. The maximum atomic E-state index is 9.10. The van der Waals surface area contributed by atoms with Gasteiger partial charge in [-0.15, -0.1) is 0 Å². The fourth-order valence-corrected chi connectivity index (χ4v) is 3.24. The summed E-state index contributed by atoms with van der Waals surface area (Å²) in [6.07, 6.45) is 0. The molecule has 35 heavy (non-hydrogen) atoms. The number of fused-ring (bicyclic) bond motifs is 1. The van der Waals surface area contributed by atoms with E-state index in [2.05, 4.69) is 62.2 Å². The van der Waals surface area contributed by atoms with E-state index >= 15 is 0 Å². The Morgan fingerprint density at radius 3 is 1.63 bits per heavy atom. The summed E-state index contributed by atoms with van der Waals surface area (Å²) in [5, 5.41) is 29.6. The van der Waals surface area contributed by atoms with Crippen molar-refractivity contribution in [2.75, 3.05) is 26.2 Å². The Morgan fingerprint density at radius 2 is 1.14 bits per heavy atom. The molecular formula is C23H26N4O8.